The molecule has 2 aromatic carbocycles. The van der Waals surface area contributed by atoms with Gasteiger partial charge in [0.05, 0.1) is 16.6 Å². The number of rotatable bonds is 4. The first kappa shape index (κ1) is 16.5. The van der Waals surface area contributed by atoms with Crippen LogP contribution in [0, 0.1) is 13.8 Å². The number of hydrogen-bond acceptors (Lipinski definition) is 6. The summed E-state index contributed by atoms with van der Waals surface area (Å²) >= 11 is 0.943. The lowest BCUT2D eigenvalue weighted by Gasteiger charge is -2.08. The predicted octanol–water partition coefficient (Wildman–Crippen LogP) is 2.72. The Morgan fingerprint density at radius 1 is 1.12 bits per heavy atom. The molecule has 0 unspecified atom stereocenters. The standard InChI is InChI=1S/C16H15N3O3S2/c1-10-6-7-12(8-11(10)2)17-15(20)9-24(21,22)14-5-3-4-13-16(14)19-23-18-13/h3-8H,9H2,1-2H3,(H,17,20). The minimum absolute atomic E-state index is 0.0315. The number of aromatic nitrogens is 2. The van der Waals surface area contributed by atoms with Gasteiger partial charge < -0.3 is 5.32 Å². The maximum Gasteiger partial charge on any atom is 0.239 e. The molecule has 0 saturated heterocycles. The highest BCUT2D eigenvalue weighted by Crippen LogP contribution is 2.22. The van der Waals surface area contributed by atoms with Crippen molar-refractivity contribution in [2.24, 2.45) is 0 Å². The van der Waals surface area contributed by atoms with Gasteiger partial charge in [0.1, 0.15) is 16.8 Å². The third-order valence-corrected chi connectivity index (χ3v) is 5.88. The van der Waals surface area contributed by atoms with Crippen molar-refractivity contribution in [1.82, 2.24) is 8.75 Å². The summed E-state index contributed by atoms with van der Waals surface area (Å²) in [5.41, 5.74) is 3.52. The maximum absolute atomic E-state index is 12.5. The van der Waals surface area contributed by atoms with Crippen molar-refractivity contribution in [1.29, 1.82) is 0 Å². The molecule has 0 aliphatic carbocycles. The molecule has 1 aromatic heterocycles. The average Bonchev–Trinajstić information content (AvgIpc) is 2.98. The van der Waals surface area contributed by atoms with Gasteiger partial charge in [-0.25, -0.2) is 8.42 Å². The lowest BCUT2D eigenvalue weighted by molar-refractivity contribution is -0.113. The summed E-state index contributed by atoms with van der Waals surface area (Å²) in [6.45, 7) is 3.89. The molecule has 124 valence electrons. The first-order chi connectivity index (χ1) is 11.4. The molecule has 24 heavy (non-hydrogen) atoms. The van der Waals surface area contributed by atoms with Crippen LogP contribution in [-0.4, -0.2) is 28.8 Å². The Morgan fingerprint density at radius 3 is 2.67 bits per heavy atom. The Kier molecular flexibility index (Phi) is 4.33. The molecule has 8 heteroatoms. The summed E-state index contributed by atoms with van der Waals surface area (Å²) in [5.74, 6) is -1.23. The number of amides is 1. The second-order valence-corrected chi connectivity index (χ2v) is 7.98. The van der Waals surface area contributed by atoms with Crippen LogP contribution in [0.1, 0.15) is 11.1 Å². The highest BCUT2D eigenvalue weighted by atomic mass is 32.2. The molecule has 0 spiro atoms. The van der Waals surface area contributed by atoms with E-state index in [0.717, 1.165) is 22.9 Å². The highest BCUT2D eigenvalue weighted by molar-refractivity contribution is 7.92. The van der Waals surface area contributed by atoms with Crippen LogP contribution < -0.4 is 5.32 Å². The van der Waals surface area contributed by atoms with Crippen molar-refractivity contribution in [2.75, 3.05) is 11.1 Å². The van der Waals surface area contributed by atoms with Gasteiger partial charge in [0.15, 0.2) is 9.84 Å². The Labute approximate surface area is 143 Å². The SMILES string of the molecule is Cc1ccc(NC(=O)CS(=O)(=O)c2cccc3nsnc23)cc1C. The van der Waals surface area contributed by atoms with Crippen molar-refractivity contribution in [3.05, 3.63) is 47.5 Å². The average molecular weight is 361 g/mol. The van der Waals surface area contributed by atoms with Gasteiger partial charge in [-0.05, 0) is 49.2 Å². The second-order valence-electron chi connectivity index (χ2n) is 5.49. The van der Waals surface area contributed by atoms with Crippen LogP contribution in [-0.2, 0) is 14.6 Å². The van der Waals surface area contributed by atoms with Crippen LogP contribution >= 0.6 is 11.7 Å². The van der Waals surface area contributed by atoms with E-state index in [9.17, 15) is 13.2 Å². The number of carbonyl (C=O) groups excluding carboxylic acids is 1. The van der Waals surface area contributed by atoms with E-state index in [0.29, 0.717) is 16.7 Å². The van der Waals surface area contributed by atoms with Gasteiger partial charge in [-0.2, -0.15) is 8.75 Å². The number of fused-ring (bicyclic) bond motifs is 1. The number of aryl methyl sites for hydroxylation is 2. The maximum atomic E-state index is 12.5. The first-order valence-electron chi connectivity index (χ1n) is 7.18. The van der Waals surface area contributed by atoms with Crippen LogP contribution in [0.4, 0.5) is 5.69 Å². The topological polar surface area (TPSA) is 89.0 Å². The van der Waals surface area contributed by atoms with Gasteiger partial charge in [-0.15, -0.1) is 0 Å². The van der Waals surface area contributed by atoms with Crippen molar-refractivity contribution < 1.29 is 13.2 Å². The second kappa shape index (κ2) is 6.29. The number of benzene rings is 2. The monoisotopic (exact) mass is 361 g/mol. The van der Waals surface area contributed by atoms with Gasteiger partial charge in [0, 0.05) is 5.69 Å². The Bertz CT molecular complexity index is 1030. The van der Waals surface area contributed by atoms with Gasteiger partial charge >= 0.3 is 0 Å². The summed E-state index contributed by atoms with van der Waals surface area (Å²) < 4.78 is 33.1. The van der Waals surface area contributed by atoms with E-state index < -0.39 is 21.5 Å². The van der Waals surface area contributed by atoms with Gasteiger partial charge in [-0.1, -0.05) is 12.1 Å². The number of carbonyl (C=O) groups is 1. The van der Waals surface area contributed by atoms with Gasteiger partial charge in [-0.3, -0.25) is 4.79 Å². The number of nitrogens with one attached hydrogen (secondary N) is 1. The normalized spacial score (nSPS) is 11.6. The number of anilines is 1. The zero-order valence-corrected chi connectivity index (χ0v) is 14.7. The number of nitrogens with zero attached hydrogens (tertiary/aromatic N) is 2. The van der Waals surface area contributed by atoms with Crippen LogP contribution in [0.15, 0.2) is 41.3 Å². The lowest BCUT2D eigenvalue weighted by atomic mass is 10.1. The van der Waals surface area contributed by atoms with Crippen molar-refractivity contribution >= 4 is 44.2 Å². The molecule has 0 fully saturated rings. The molecule has 1 heterocycles. The molecule has 0 bridgehead atoms. The third kappa shape index (κ3) is 3.29. The molecule has 0 aliphatic rings. The molecule has 6 nitrogen and oxygen atoms in total. The Hall–Kier alpha value is -2.32. The molecule has 0 saturated carbocycles. The number of hydrogen-bond donors (Lipinski definition) is 1. The van der Waals surface area contributed by atoms with Crippen LogP contribution in [0.5, 0.6) is 0 Å². The molecule has 3 rings (SSSR count). The zero-order valence-electron chi connectivity index (χ0n) is 13.1. The molecule has 1 amide bonds. The van der Waals surface area contributed by atoms with E-state index in [2.05, 4.69) is 14.1 Å². The van der Waals surface area contributed by atoms with E-state index in [-0.39, 0.29) is 4.90 Å². The summed E-state index contributed by atoms with van der Waals surface area (Å²) in [6, 6.07) is 10.2. The van der Waals surface area contributed by atoms with E-state index in [4.69, 9.17) is 0 Å². The van der Waals surface area contributed by atoms with Crippen LogP contribution in [0.25, 0.3) is 11.0 Å². The van der Waals surface area contributed by atoms with E-state index in [1.165, 1.54) is 6.07 Å². The van der Waals surface area contributed by atoms with Crippen LogP contribution in [0.2, 0.25) is 0 Å². The molecule has 1 N–H and O–H groups in total. The molecular weight excluding hydrogens is 346 g/mol. The zero-order chi connectivity index (χ0) is 17.3. The van der Waals surface area contributed by atoms with Crippen molar-refractivity contribution in [3.8, 4) is 0 Å². The summed E-state index contributed by atoms with van der Waals surface area (Å²) in [7, 11) is -3.80. The summed E-state index contributed by atoms with van der Waals surface area (Å²) in [6.07, 6.45) is 0. The fourth-order valence-electron chi connectivity index (χ4n) is 2.30. The smallest absolute Gasteiger partial charge is 0.239 e. The fourth-order valence-corrected chi connectivity index (χ4v) is 4.21. The largest absolute Gasteiger partial charge is 0.325 e. The van der Waals surface area contributed by atoms with E-state index >= 15 is 0 Å². The Morgan fingerprint density at radius 2 is 1.92 bits per heavy atom. The van der Waals surface area contributed by atoms with Gasteiger partial charge in [0.2, 0.25) is 5.91 Å². The predicted molar refractivity (Wildman–Crippen MR) is 94.0 cm³/mol. The first-order valence-corrected chi connectivity index (χ1v) is 9.56. The minimum atomic E-state index is -3.80. The van der Waals surface area contributed by atoms with E-state index in [1.807, 2.05) is 26.0 Å². The van der Waals surface area contributed by atoms with Gasteiger partial charge in [0.25, 0.3) is 0 Å². The van der Waals surface area contributed by atoms with Crippen molar-refractivity contribution in [2.45, 2.75) is 18.7 Å². The van der Waals surface area contributed by atoms with E-state index in [1.54, 1.807) is 18.2 Å². The Balaban J connectivity index is 1.82. The summed E-state index contributed by atoms with van der Waals surface area (Å²) in [4.78, 5) is 12.2. The third-order valence-electron chi connectivity index (χ3n) is 3.70. The summed E-state index contributed by atoms with van der Waals surface area (Å²) in [5, 5.41) is 2.63. The number of sulfone groups is 1. The quantitative estimate of drug-likeness (QED) is 0.772. The molecule has 0 radical (unpaired) electrons. The molecule has 0 atom stereocenters. The molecule has 0 aliphatic heterocycles. The lowest BCUT2D eigenvalue weighted by Crippen LogP contribution is -2.23. The van der Waals surface area contributed by atoms with Crippen molar-refractivity contribution in [3.63, 3.8) is 0 Å². The highest BCUT2D eigenvalue weighted by Gasteiger charge is 2.23. The molecular formula is C16H15N3O3S2. The van der Waals surface area contributed by atoms with Crippen LogP contribution in [0.3, 0.4) is 0 Å². The minimum Gasteiger partial charge on any atom is -0.325 e. The molecule has 3 aromatic rings. The fraction of sp³-hybridized carbons (Fsp3) is 0.188.